The zero-order chi connectivity index (χ0) is 17.1. The molecule has 4 nitrogen and oxygen atoms in total. The van der Waals surface area contributed by atoms with Crippen LogP contribution < -0.4 is 5.32 Å². The van der Waals surface area contributed by atoms with Gasteiger partial charge < -0.3 is 10.4 Å². The molecule has 0 saturated carbocycles. The second-order valence-electron chi connectivity index (χ2n) is 6.40. The molecule has 124 valence electrons. The normalized spacial score (nSPS) is 19.4. The molecule has 0 heterocycles. The number of aromatic carboxylic acids is 1. The van der Waals surface area contributed by atoms with E-state index in [4.69, 9.17) is 0 Å². The minimum Gasteiger partial charge on any atom is -0.478 e. The molecule has 2 aromatic rings. The second kappa shape index (κ2) is 6.87. The molecule has 0 spiro atoms. The molecule has 24 heavy (non-hydrogen) atoms. The Labute approximate surface area is 141 Å². The van der Waals surface area contributed by atoms with Crippen LogP contribution in [-0.2, 0) is 17.6 Å². The first-order chi connectivity index (χ1) is 11.6. The molecule has 0 aromatic heterocycles. The van der Waals surface area contributed by atoms with Crippen molar-refractivity contribution in [1.82, 2.24) is 5.32 Å². The Morgan fingerprint density at radius 3 is 2.62 bits per heavy atom. The van der Waals surface area contributed by atoms with E-state index in [1.54, 1.807) is 18.2 Å². The zero-order valence-corrected chi connectivity index (χ0v) is 13.7. The maximum atomic E-state index is 12.5. The van der Waals surface area contributed by atoms with Gasteiger partial charge in [-0.3, -0.25) is 4.79 Å². The molecule has 0 saturated heterocycles. The van der Waals surface area contributed by atoms with Crippen molar-refractivity contribution in [2.75, 3.05) is 0 Å². The summed E-state index contributed by atoms with van der Waals surface area (Å²) in [6.07, 6.45) is 2.15. The third kappa shape index (κ3) is 3.32. The molecule has 0 bridgehead atoms. The van der Waals surface area contributed by atoms with E-state index >= 15 is 0 Å². The lowest BCUT2D eigenvalue weighted by Gasteiger charge is -2.32. The SMILES string of the molecule is CC1CCc2ccccc2C1NC(=O)Cc1ccccc1C(=O)O. The second-order valence-corrected chi connectivity index (χ2v) is 6.40. The minimum absolute atomic E-state index is 0.0144. The molecule has 4 heteroatoms. The van der Waals surface area contributed by atoms with Crippen LogP contribution >= 0.6 is 0 Å². The van der Waals surface area contributed by atoms with Crippen LogP contribution in [0.3, 0.4) is 0 Å². The van der Waals surface area contributed by atoms with Crippen LogP contribution in [0.5, 0.6) is 0 Å². The maximum absolute atomic E-state index is 12.5. The number of carboxylic acids is 1. The van der Waals surface area contributed by atoms with Crippen LogP contribution in [0.4, 0.5) is 0 Å². The molecule has 1 aliphatic carbocycles. The highest BCUT2D eigenvalue weighted by molar-refractivity contribution is 5.91. The quantitative estimate of drug-likeness (QED) is 0.906. The molecule has 0 radical (unpaired) electrons. The number of benzene rings is 2. The van der Waals surface area contributed by atoms with Crippen molar-refractivity contribution in [3.05, 3.63) is 70.8 Å². The van der Waals surface area contributed by atoms with E-state index in [1.807, 2.05) is 12.1 Å². The fraction of sp³-hybridized carbons (Fsp3) is 0.300. The van der Waals surface area contributed by atoms with Crippen molar-refractivity contribution in [3.63, 3.8) is 0 Å². The van der Waals surface area contributed by atoms with Crippen molar-refractivity contribution < 1.29 is 14.7 Å². The number of carboxylic acid groups (broad SMARTS) is 1. The van der Waals surface area contributed by atoms with Crippen molar-refractivity contribution in [2.24, 2.45) is 5.92 Å². The van der Waals surface area contributed by atoms with E-state index in [2.05, 4.69) is 24.4 Å². The minimum atomic E-state index is -1.00. The summed E-state index contributed by atoms with van der Waals surface area (Å²) in [6.45, 7) is 2.14. The van der Waals surface area contributed by atoms with Gasteiger partial charge >= 0.3 is 5.97 Å². The molecule has 0 fully saturated rings. The zero-order valence-electron chi connectivity index (χ0n) is 13.7. The lowest BCUT2D eigenvalue weighted by atomic mass is 9.80. The smallest absolute Gasteiger partial charge is 0.335 e. The number of carbonyl (C=O) groups is 2. The number of aryl methyl sites for hydroxylation is 1. The fourth-order valence-corrected chi connectivity index (χ4v) is 3.42. The number of rotatable bonds is 4. The number of hydrogen-bond acceptors (Lipinski definition) is 2. The van der Waals surface area contributed by atoms with E-state index in [0.29, 0.717) is 11.5 Å². The van der Waals surface area contributed by atoms with Gasteiger partial charge in [0.1, 0.15) is 0 Å². The van der Waals surface area contributed by atoms with Gasteiger partial charge in [0, 0.05) is 0 Å². The lowest BCUT2D eigenvalue weighted by Crippen LogP contribution is -2.36. The van der Waals surface area contributed by atoms with Crippen LogP contribution in [0, 0.1) is 5.92 Å². The van der Waals surface area contributed by atoms with Crippen molar-refractivity contribution in [1.29, 1.82) is 0 Å². The van der Waals surface area contributed by atoms with E-state index < -0.39 is 5.97 Å². The topological polar surface area (TPSA) is 66.4 Å². The summed E-state index contributed by atoms with van der Waals surface area (Å²) in [5, 5.41) is 12.3. The van der Waals surface area contributed by atoms with Gasteiger partial charge in [0.15, 0.2) is 0 Å². The van der Waals surface area contributed by atoms with E-state index in [1.165, 1.54) is 17.2 Å². The predicted octanol–water partition coefficient (Wildman–Crippen LogP) is 3.37. The number of nitrogens with one attached hydrogen (secondary N) is 1. The summed E-state index contributed by atoms with van der Waals surface area (Å²) >= 11 is 0. The third-order valence-corrected chi connectivity index (χ3v) is 4.74. The molecule has 1 aliphatic rings. The van der Waals surface area contributed by atoms with Crippen LogP contribution in [0.15, 0.2) is 48.5 Å². The van der Waals surface area contributed by atoms with Crippen LogP contribution in [0.2, 0.25) is 0 Å². The van der Waals surface area contributed by atoms with Crippen molar-refractivity contribution in [2.45, 2.75) is 32.2 Å². The molecular weight excluding hydrogens is 302 g/mol. The Morgan fingerprint density at radius 2 is 1.83 bits per heavy atom. The molecule has 0 aliphatic heterocycles. The standard InChI is InChI=1S/C20H21NO3/c1-13-10-11-14-6-2-4-8-16(14)19(13)21-18(22)12-15-7-3-5-9-17(15)20(23)24/h2-9,13,19H,10-12H2,1H3,(H,21,22)(H,23,24). The van der Waals surface area contributed by atoms with Crippen LogP contribution in [0.1, 0.15) is 46.4 Å². The average Bonchev–Trinajstić information content (AvgIpc) is 2.58. The molecular formula is C20H21NO3. The van der Waals surface area contributed by atoms with Crippen LogP contribution in [0.25, 0.3) is 0 Å². The largest absolute Gasteiger partial charge is 0.478 e. The summed E-state index contributed by atoms with van der Waals surface area (Å²) in [5.74, 6) is -0.786. The Balaban J connectivity index is 1.77. The third-order valence-electron chi connectivity index (χ3n) is 4.74. The molecule has 2 N–H and O–H groups in total. The van der Waals surface area contributed by atoms with Gasteiger partial charge in [-0.05, 0) is 41.5 Å². The molecule has 2 atom stereocenters. The summed E-state index contributed by atoms with van der Waals surface area (Å²) < 4.78 is 0. The first-order valence-electron chi connectivity index (χ1n) is 8.24. The first kappa shape index (κ1) is 16.2. The number of hydrogen-bond donors (Lipinski definition) is 2. The number of fused-ring (bicyclic) bond motifs is 1. The van der Waals surface area contributed by atoms with E-state index in [9.17, 15) is 14.7 Å². The molecule has 3 rings (SSSR count). The highest BCUT2D eigenvalue weighted by Crippen LogP contribution is 2.34. The maximum Gasteiger partial charge on any atom is 0.335 e. The van der Waals surface area contributed by atoms with Crippen LogP contribution in [-0.4, -0.2) is 17.0 Å². The predicted molar refractivity (Wildman–Crippen MR) is 91.9 cm³/mol. The van der Waals surface area contributed by atoms with Crippen molar-refractivity contribution in [3.8, 4) is 0 Å². The van der Waals surface area contributed by atoms with Gasteiger partial charge in [-0.25, -0.2) is 4.79 Å². The average molecular weight is 323 g/mol. The highest BCUT2D eigenvalue weighted by Gasteiger charge is 2.27. The van der Waals surface area contributed by atoms with Gasteiger partial charge in [-0.15, -0.1) is 0 Å². The summed E-state index contributed by atoms with van der Waals surface area (Å²) in [6, 6.07) is 14.8. The van der Waals surface area contributed by atoms with Crippen molar-refractivity contribution >= 4 is 11.9 Å². The first-order valence-corrected chi connectivity index (χ1v) is 8.24. The highest BCUT2D eigenvalue weighted by atomic mass is 16.4. The Morgan fingerprint density at radius 1 is 1.12 bits per heavy atom. The summed E-state index contributed by atoms with van der Waals surface area (Å²) in [4.78, 5) is 23.8. The molecule has 2 aromatic carbocycles. The molecule has 1 amide bonds. The van der Waals surface area contributed by atoms with E-state index in [0.717, 1.165) is 12.8 Å². The Bertz CT molecular complexity index is 769. The Hall–Kier alpha value is -2.62. The number of amides is 1. The fourth-order valence-electron chi connectivity index (χ4n) is 3.42. The Kier molecular flexibility index (Phi) is 4.65. The van der Waals surface area contributed by atoms with Gasteiger partial charge in [0.2, 0.25) is 5.91 Å². The van der Waals surface area contributed by atoms with Gasteiger partial charge in [-0.2, -0.15) is 0 Å². The molecule has 2 unspecified atom stereocenters. The monoisotopic (exact) mass is 323 g/mol. The van der Waals surface area contributed by atoms with E-state index in [-0.39, 0.29) is 23.9 Å². The summed E-state index contributed by atoms with van der Waals surface area (Å²) in [5.41, 5.74) is 3.19. The van der Waals surface area contributed by atoms with Gasteiger partial charge in [0.25, 0.3) is 0 Å². The van der Waals surface area contributed by atoms with Gasteiger partial charge in [0.05, 0.1) is 18.0 Å². The lowest BCUT2D eigenvalue weighted by molar-refractivity contribution is -0.121. The van der Waals surface area contributed by atoms with Gasteiger partial charge in [-0.1, -0.05) is 49.4 Å². The summed E-state index contributed by atoms with van der Waals surface area (Å²) in [7, 11) is 0. The number of carbonyl (C=O) groups excluding carboxylic acids is 1.